The number of carbonyl (C=O) groups excluding carboxylic acids is 1. The zero-order chi connectivity index (χ0) is 28.7. The number of aliphatic hydroxyl groups excluding tert-OH is 1. The third kappa shape index (κ3) is 4.98. The van der Waals surface area contributed by atoms with E-state index in [4.69, 9.17) is 9.47 Å². The van der Waals surface area contributed by atoms with Crippen molar-refractivity contribution < 1.29 is 28.2 Å². The molecule has 0 radical (unpaired) electrons. The number of esters is 1. The second-order valence-electron chi connectivity index (χ2n) is 10.9. The van der Waals surface area contributed by atoms with Crippen LogP contribution in [0.15, 0.2) is 91.0 Å². The summed E-state index contributed by atoms with van der Waals surface area (Å²) in [6, 6.07) is 25.4. The SMILES string of the molecule is Cc1cc(-n2c(C3(C)CC(O)C3)c(OC(=O)c3ccccc3)c3c(OCc4ccccc4)cc(F)cc32)ccc1F. The van der Waals surface area contributed by atoms with E-state index in [9.17, 15) is 14.3 Å². The lowest BCUT2D eigenvalue weighted by molar-refractivity contribution is 0.0233. The third-order valence-electron chi connectivity index (χ3n) is 7.74. The van der Waals surface area contributed by atoms with Crippen molar-refractivity contribution in [3.63, 3.8) is 0 Å². The zero-order valence-electron chi connectivity index (χ0n) is 22.7. The lowest BCUT2D eigenvalue weighted by Gasteiger charge is -2.43. The summed E-state index contributed by atoms with van der Waals surface area (Å²) in [5.41, 5.74) is 2.60. The first-order valence-electron chi connectivity index (χ1n) is 13.5. The minimum absolute atomic E-state index is 0.164. The number of fused-ring (bicyclic) bond motifs is 1. The lowest BCUT2D eigenvalue weighted by atomic mass is 9.66. The van der Waals surface area contributed by atoms with E-state index in [-0.39, 0.29) is 23.9 Å². The molecule has 4 aromatic carbocycles. The van der Waals surface area contributed by atoms with Gasteiger partial charge in [0, 0.05) is 17.2 Å². The van der Waals surface area contributed by atoms with Crippen LogP contribution in [0.4, 0.5) is 8.78 Å². The molecule has 1 aliphatic rings. The molecule has 0 unspecified atom stereocenters. The van der Waals surface area contributed by atoms with E-state index in [2.05, 4.69) is 0 Å². The van der Waals surface area contributed by atoms with Crippen molar-refractivity contribution in [2.24, 2.45) is 0 Å². The molecule has 1 heterocycles. The number of benzene rings is 4. The van der Waals surface area contributed by atoms with Crippen molar-refractivity contribution >= 4 is 16.9 Å². The van der Waals surface area contributed by atoms with E-state index in [0.717, 1.165) is 5.56 Å². The maximum Gasteiger partial charge on any atom is 0.343 e. The quantitative estimate of drug-likeness (QED) is 0.213. The average molecular weight is 554 g/mol. The van der Waals surface area contributed by atoms with Crippen LogP contribution in [0.1, 0.15) is 46.9 Å². The van der Waals surface area contributed by atoms with E-state index in [1.165, 1.54) is 18.2 Å². The van der Waals surface area contributed by atoms with Gasteiger partial charge in [0.15, 0.2) is 5.75 Å². The summed E-state index contributed by atoms with van der Waals surface area (Å²) in [4.78, 5) is 13.5. The Morgan fingerprint density at radius 3 is 2.32 bits per heavy atom. The summed E-state index contributed by atoms with van der Waals surface area (Å²) in [6.07, 6.45) is 0.272. The summed E-state index contributed by atoms with van der Waals surface area (Å²) in [7, 11) is 0. The topological polar surface area (TPSA) is 60.7 Å². The van der Waals surface area contributed by atoms with E-state index in [0.29, 0.717) is 46.3 Å². The van der Waals surface area contributed by atoms with Crippen LogP contribution in [-0.2, 0) is 12.0 Å². The Bertz CT molecular complexity index is 1740. The van der Waals surface area contributed by atoms with Crippen molar-refractivity contribution in [1.29, 1.82) is 0 Å². The summed E-state index contributed by atoms with van der Waals surface area (Å²) >= 11 is 0. The maximum atomic E-state index is 15.3. The van der Waals surface area contributed by atoms with Gasteiger partial charge in [-0.3, -0.25) is 0 Å². The second kappa shape index (κ2) is 10.5. The number of ether oxygens (including phenoxy) is 2. The monoisotopic (exact) mass is 553 g/mol. The lowest BCUT2D eigenvalue weighted by Crippen LogP contribution is -2.43. The Morgan fingerprint density at radius 1 is 0.976 bits per heavy atom. The van der Waals surface area contributed by atoms with Gasteiger partial charge in [0.05, 0.1) is 28.3 Å². The molecule has 1 saturated carbocycles. The highest BCUT2D eigenvalue weighted by molar-refractivity contribution is 6.00. The number of hydrogen-bond acceptors (Lipinski definition) is 4. The van der Waals surface area contributed by atoms with Crippen LogP contribution in [0.3, 0.4) is 0 Å². The minimum Gasteiger partial charge on any atom is -0.488 e. The molecule has 1 aromatic heterocycles. The molecule has 1 fully saturated rings. The van der Waals surface area contributed by atoms with E-state index >= 15 is 4.39 Å². The fraction of sp³-hybridized carbons (Fsp3) is 0.206. The minimum atomic E-state index is -0.625. The van der Waals surface area contributed by atoms with Gasteiger partial charge in [-0.2, -0.15) is 0 Å². The first kappa shape index (κ1) is 26.7. The van der Waals surface area contributed by atoms with Crippen LogP contribution in [0.2, 0.25) is 0 Å². The first-order valence-corrected chi connectivity index (χ1v) is 13.5. The molecule has 0 spiro atoms. The number of rotatable bonds is 7. The van der Waals surface area contributed by atoms with Crippen molar-refractivity contribution in [2.45, 2.75) is 44.8 Å². The predicted molar refractivity (Wildman–Crippen MR) is 153 cm³/mol. The van der Waals surface area contributed by atoms with Crippen molar-refractivity contribution in [3.8, 4) is 17.2 Å². The molecule has 1 N–H and O–H groups in total. The van der Waals surface area contributed by atoms with Crippen molar-refractivity contribution in [2.75, 3.05) is 0 Å². The van der Waals surface area contributed by atoms with E-state index in [1.807, 2.05) is 37.3 Å². The Morgan fingerprint density at radius 2 is 1.66 bits per heavy atom. The molecule has 0 bridgehead atoms. The van der Waals surface area contributed by atoms with Crippen LogP contribution in [0.25, 0.3) is 16.6 Å². The molecule has 6 rings (SSSR count). The smallest absolute Gasteiger partial charge is 0.343 e. The van der Waals surface area contributed by atoms with Crippen molar-refractivity contribution in [3.05, 3.63) is 125 Å². The van der Waals surface area contributed by atoms with E-state index in [1.54, 1.807) is 54.0 Å². The summed E-state index contributed by atoms with van der Waals surface area (Å²) < 4.78 is 43.8. The number of aliphatic hydroxyl groups is 1. The van der Waals surface area contributed by atoms with Crippen LogP contribution < -0.4 is 9.47 Å². The number of nitrogens with zero attached hydrogens (tertiary/aromatic N) is 1. The van der Waals surface area contributed by atoms with Crippen LogP contribution in [0.5, 0.6) is 11.5 Å². The molecule has 0 saturated heterocycles. The normalized spacial score (nSPS) is 18.2. The Hall–Kier alpha value is -4.49. The standard InChI is InChI=1S/C34H29F2NO4/c1-21-15-25(13-14-27(21)36)37-28-16-24(35)17-29(40-20-22-9-5-3-6-10-22)30(28)31(32(37)34(2)18-26(38)19-34)41-33(39)23-11-7-4-8-12-23/h3-17,26,38H,18-20H2,1-2H3. The van der Waals surface area contributed by atoms with Crippen LogP contribution in [0, 0.1) is 18.6 Å². The largest absolute Gasteiger partial charge is 0.488 e. The molecule has 7 heteroatoms. The van der Waals surface area contributed by atoms with Gasteiger partial charge in [-0.15, -0.1) is 0 Å². The molecular formula is C34H29F2NO4. The molecule has 41 heavy (non-hydrogen) atoms. The first-order chi connectivity index (χ1) is 19.7. The number of aryl methyl sites for hydroxylation is 1. The van der Waals surface area contributed by atoms with Crippen molar-refractivity contribution in [1.82, 2.24) is 4.57 Å². The van der Waals surface area contributed by atoms with Gasteiger partial charge in [0.25, 0.3) is 0 Å². The zero-order valence-corrected chi connectivity index (χ0v) is 22.7. The maximum absolute atomic E-state index is 15.3. The highest BCUT2D eigenvalue weighted by Crippen LogP contribution is 2.53. The predicted octanol–water partition coefficient (Wildman–Crippen LogP) is 7.43. The summed E-state index contributed by atoms with van der Waals surface area (Å²) in [6.45, 7) is 3.80. The molecule has 0 amide bonds. The fourth-order valence-electron chi connectivity index (χ4n) is 5.74. The third-order valence-corrected chi connectivity index (χ3v) is 7.74. The average Bonchev–Trinajstić information content (AvgIpc) is 3.27. The summed E-state index contributed by atoms with van der Waals surface area (Å²) in [5.74, 6) is -1.05. The van der Waals surface area contributed by atoms with Gasteiger partial charge in [-0.25, -0.2) is 13.6 Å². The fourth-order valence-corrected chi connectivity index (χ4v) is 5.74. The molecule has 0 aliphatic heterocycles. The second-order valence-corrected chi connectivity index (χ2v) is 10.9. The number of carbonyl (C=O) groups is 1. The Kier molecular flexibility index (Phi) is 6.83. The highest BCUT2D eigenvalue weighted by Gasteiger charge is 2.47. The Balaban J connectivity index is 1.62. The molecule has 5 nitrogen and oxygen atoms in total. The number of hydrogen-bond donors (Lipinski definition) is 1. The molecule has 1 aliphatic carbocycles. The highest BCUT2D eigenvalue weighted by atomic mass is 19.1. The molecular weight excluding hydrogens is 524 g/mol. The molecule has 0 atom stereocenters. The van der Waals surface area contributed by atoms with Gasteiger partial charge in [-0.05, 0) is 67.3 Å². The molecule has 208 valence electrons. The van der Waals surface area contributed by atoms with Gasteiger partial charge in [-0.1, -0.05) is 55.5 Å². The molecule has 5 aromatic rings. The van der Waals surface area contributed by atoms with E-state index < -0.39 is 23.3 Å². The van der Waals surface area contributed by atoms with Gasteiger partial charge in [0.2, 0.25) is 0 Å². The summed E-state index contributed by atoms with van der Waals surface area (Å²) in [5, 5.41) is 10.8. The van der Waals surface area contributed by atoms with Gasteiger partial charge in [0.1, 0.15) is 24.0 Å². The van der Waals surface area contributed by atoms with Crippen LogP contribution in [-0.4, -0.2) is 21.7 Å². The van der Waals surface area contributed by atoms with Gasteiger partial charge >= 0.3 is 5.97 Å². The Labute approximate surface area is 236 Å². The number of halogens is 2. The van der Waals surface area contributed by atoms with Crippen LogP contribution >= 0.6 is 0 Å². The van der Waals surface area contributed by atoms with Gasteiger partial charge < -0.3 is 19.1 Å². The number of aromatic nitrogens is 1.